The Kier molecular flexibility index (Phi) is 4.36. The summed E-state index contributed by atoms with van der Waals surface area (Å²) in [5.74, 6) is -1.50. The molecule has 0 aliphatic rings. The summed E-state index contributed by atoms with van der Waals surface area (Å²) < 4.78 is 40.9. The first kappa shape index (κ1) is 14.6. The van der Waals surface area contributed by atoms with Crippen LogP contribution in [0.4, 0.5) is 13.2 Å². The van der Waals surface area contributed by atoms with Crippen molar-refractivity contribution in [1.82, 2.24) is 0 Å². The molecule has 2 aromatic carbocycles. The van der Waals surface area contributed by atoms with Gasteiger partial charge < -0.3 is 0 Å². The second-order valence-electron chi connectivity index (χ2n) is 4.16. The minimum atomic E-state index is -0.606. The van der Waals surface area contributed by atoms with Crippen molar-refractivity contribution in [3.05, 3.63) is 68.9 Å². The Bertz CT molecular complexity index is 626. The lowest BCUT2D eigenvalue weighted by atomic mass is 10.0. The van der Waals surface area contributed by atoms with Crippen LogP contribution >= 0.6 is 31.9 Å². The van der Waals surface area contributed by atoms with Gasteiger partial charge in [-0.05, 0) is 52.2 Å². The van der Waals surface area contributed by atoms with E-state index in [1.54, 1.807) is 19.1 Å². The number of halogens is 5. The Balaban J connectivity index is 2.46. The van der Waals surface area contributed by atoms with Crippen LogP contribution in [-0.4, -0.2) is 0 Å². The fraction of sp³-hybridized carbons (Fsp3) is 0.143. The van der Waals surface area contributed by atoms with Gasteiger partial charge in [0.05, 0.1) is 9.30 Å². The van der Waals surface area contributed by atoms with E-state index in [1.807, 2.05) is 0 Å². The largest absolute Gasteiger partial charge is 0.207 e. The van der Waals surface area contributed by atoms with Gasteiger partial charge >= 0.3 is 0 Å². The van der Waals surface area contributed by atoms with E-state index in [0.717, 1.165) is 12.1 Å². The third kappa shape index (κ3) is 3.03. The van der Waals surface area contributed by atoms with E-state index in [0.29, 0.717) is 11.1 Å². The molecule has 0 heterocycles. The smallest absolute Gasteiger partial charge is 0.137 e. The fourth-order valence-electron chi connectivity index (χ4n) is 1.68. The Morgan fingerprint density at radius 2 is 1.63 bits per heavy atom. The van der Waals surface area contributed by atoms with Gasteiger partial charge in [0.2, 0.25) is 0 Å². The average Bonchev–Trinajstić information content (AvgIpc) is 2.36. The third-order valence-corrected chi connectivity index (χ3v) is 4.43. The van der Waals surface area contributed by atoms with Gasteiger partial charge in [-0.25, -0.2) is 13.2 Å². The maximum absolute atomic E-state index is 13.8. The van der Waals surface area contributed by atoms with E-state index in [1.165, 1.54) is 6.07 Å². The summed E-state index contributed by atoms with van der Waals surface area (Å²) in [6, 6.07) is 6.75. The maximum Gasteiger partial charge on any atom is 0.137 e. The number of hydrogen-bond donors (Lipinski definition) is 0. The van der Waals surface area contributed by atoms with Crippen molar-refractivity contribution in [1.29, 1.82) is 0 Å². The molecule has 0 bridgehead atoms. The van der Waals surface area contributed by atoms with Crippen molar-refractivity contribution in [3.63, 3.8) is 0 Å². The molecule has 19 heavy (non-hydrogen) atoms. The maximum atomic E-state index is 13.8. The van der Waals surface area contributed by atoms with Crippen LogP contribution in [0.25, 0.3) is 0 Å². The molecule has 1 unspecified atom stereocenters. The molecule has 1 atom stereocenters. The highest BCUT2D eigenvalue weighted by molar-refractivity contribution is 9.10. The lowest BCUT2D eigenvalue weighted by Crippen LogP contribution is -1.99. The molecule has 0 nitrogen and oxygen atoms in total. The fourth-order valence-corrected chi connectivity index (χ4v) is 2.63. The number of rotatable bonds is 2. The molecule has 0 saturated carbocycles. The first-order valence-electron chi connectivity index (χ1n) is 5.44. The van der Waals surface area contributed by atoms with Crippen LogP contribution in [0.2, 0.25) is 0 Å². The summed E-state index contributed by atoms with van der Waals surface area (Å²) in [5.41, 5.74) is 1.17. The van der Waals surface area contributed by atoms with Gasteiger partial charge in [0, 0.05) is 5.56 Å². The Labute approximate surface area is 125 Å². The molecule has 2 aromatic rings. The van der Waals surface area contributed by atoms with Gasteiger partial charge in [-0.2, -0.15) is 0 Å². The lowest BCUT2D eigenvalue weighted by molar-refractivity contribution is 0.582. The van der Waals surface area contributed by atoms with E-state index in [2.05, 4.69) is 31.9 Å². The first-order valence-corrected chi connectivity index (χ1v) is 7.15. The topological polar surface area (TPSA) is 0 Å². The summed E-state index contributed by atoms with van der Waals surface area (Å²) in [4.78, 5) is -0.606. The van der Waals surface area contributed by atoms with Crippen molar-refractivity contribution in [3.8, 4) is 0 Å². The molecule has 0 fully saturated rings. The number of aryl methyl sites for hydroxylation is 1. The van der Waals surface area contributed by atoms with Crippen molar-refractivity contribution < 1.29 is 13.2 Å². The van der Waals surface area contributed by atoms with Gasteiger partial charge in [0.1, 0.15) is 17.5 Å². The predicted octanol–water partition coefficient (Wildman–Crippen LogP) is 5.66. The highest BCUT2D eigenvalue weighted by atomic mass is 79.9. The summed E-state index contributed by atoms with van der Waals surface area (Å²) in [5, 5.41) is 0. The van der Waals surface area contributed by atoms with Crippen LogP contribution < -0.4 is 0 Å². The molecule has 0 saturated heterocycles. The Hall–Kier alpha value is -0.810. The number of hydrogen-bond acceptors (Lipinski definition) is 0. The molecule has 0 spiro atoms. The highest BCUT2D eigenvalue weighted by Gasteiger charge is 2.18. The monoisotopic (exact) mass is 392 g/mol. The minimum absolute atomic E-state index is 0.0588. The van der Waals surface area contributed by atoms with Crippen LogP contribution in [0, 0.1) is 24.4 Å². The highest BCUT2D eigenvalue weighted by Crippen LogP contribution is 2.35. The first-order chi connectivity index (χ1) is 8.90. The minimum Gasteiger partial charge on any atom is -0.207 e. The Morgan fingerprint density at radius 1 is 0.947 bits per heavy atom. The van der Waals surface area contributed by atoms with Crippen LogP contribution in [0.1, 0.15) is 21.5 Å². The van der Waals surface area contributed by atoms with E-state index >= 15 is 0 Å². The SMILES string of the molecule is Cc1ccc(C(Br)c2cc(F)c(Br)cc2F)cc1F. The zero-order chi connectivity index (χ0) is 14.2. The summed E-state index contributed by atoms with van der Waals surface area (Å²) >= 11 is 6.19. The van der Waals surface area contributed by atoms with Crippen molar-refractivity contribution >= 4 is 31.9 Å². The van der Waals surface area contributed by atoms with Gasteiger partial charge in [0.25, 0.3) is 0 Å². The van der Waals surface area contributed by atoms with E-state index < -0.39 is 16.5 Å². The zero-order valence-electron chi connectivity index (χ0n) is 9.85. The standard InChI is InChI=1S/C14H9Br2F3/c1-7-2-3-8(4-11(7)17)14(16)9-5-13(19)10(15)6-12(9)18/h2-6,14H,1H3. The van der Waals surface area contributed by atoms with Crippen LogP contribution in [0.5, 0.6) is 0 Å². The predicted molar refractivity (Wildman–Crippen MR) is 76.0 cm³/mol. The molecule has 100 valence electrons. The Morgan fingerprint density at radius 3 is 2.26 bits per heavy atom. The van der Waals surface area contributed by atoms with Crippen LogP contribution in [0.15, 0.2) is 34.8 Å². The third-order valence-electron chi connectivity index (χ3n) is 2.80. The molecule has 0 radical (unpaired) electrons. The summed E-state index contributed by atoms with van der Waals surface area (Å²) in [7, 11) is 0. The normalized spacial score (nSPS) is 12.5. The molecular formula is C14H9Br2F3. The molecular weight excluding hydrogens is 385 g/mol. The number of alkyl halides is 1. The summed E-state index contributed by atoms with van der Waals surface area (Å²) in [6.07, 6.45) is 0. The van der Waals surface area contributed by atoms with Gasteiger partial charge in [-0.1, -0.05) is 28.1 Å². The molecule has 0 aliphatic carbocycles. The second-order valence-corrected chi connectivity index (χ2v) is 5.93. The average molecular weight is 394 g/mol. The van der Waals surface area contributed by atoms with E-state index in [9.17, 15) is 13.2 Å². The van der Waals surface area contributed by atoms with Crippen molar-refractivity contribution in [2.75, 3.05) is 0 Å². The van der Waals surface area contributed by atoms with Gasteiger partial charge in [-0.15, -0.1) is 0 Å². The lowest BCUT2D eigenvalue weighted by Gasteiger charge is -2.13. The molecule has 0 amide bonds. The molecule has 0 aliphatic heterocycles. The molecule has 0 aromatic heterocycles. The van der Waals surface area contributed by atoms with Crippen LogP contribution in [-0.2, 0) is 0 Å². The molecule has 2 rings (SSSR count). The van der Waals surface area contributed by atoms with Gasteiger partial charge in [-0.3, -0.25) is 0 Å². The van der Waals surface area contributed by atoms with E-state index in [4.69, 9.17) is 0 Å². The van der Waals surface area contributed by atoms with Gasteiger partial charge in [0.15, 0.2) is 0 Å². The van der Waals surface area contributed by atoms with Crippen molar-refractivity contribution in [2.24, 2.45) is 0 Å². The van der Waals surface area contributed by atoms with Crippen molar-refractivity contribution in [2.45, 2.75) is 11.8 Å². The number of benzene rings is 2. The van der Waals surface area contributed by atoms with Crippen LogP contribution in [0.3, 0.4) is 0 Å². The zero-order valence-corrected chi connectivity index (χ0v) is 13.0. The molecule has 0 N–H and O–H groups in total. The molecule has 5 heteroatoms. The summed E-state index contributed by atoms with van der Waals surface area (Å²) in [6.45, 7) is 1.64. The van der Waals surface area contributed by atoms with E-state index in [-0.39, 0.29) is 15.9 Å². The second kappa shape index (κ2) is 5.67. The quantitative estimate of drug-likeness (QED) is 0.456.